The van der Waals surface area contributed by atoms with Crippen molar-refractivity contribution < 1.29 is 0 Å². The minimum absolute atomic E-state index is 0.297. The van der Waals surface area contributed by atoms with Gasteiger partial charge in [0.05, 0.1) is 0 Å². The molecule has 4 N–H and O–H groups in total. The summed E-state index contributed by atoms with van der Waals surface area (Å²) in [5, 5.41) is 6.25. The summed E-state index contributed by atoms with van der Waals surface area (Å²) in [5.74, 6) is 2.65. The molecule has 0 saturated carbocycles. The van der Waals surface area contributed by atoms with Gasteiger partial charge in [-0.3, -0.25) is 0 Å². The Kier molecular flexibility index (Phi) is 7.00. The third kappa shape index (κ3) is 6.84. The van der Waals surface area contributed by atoms with Crippen molar-refractivity contribution in [1.29, 1.82) is 0 Å². The third-order valence-corrected chi connectivity index (χ3v) is 3.01. The first-order valence-electron chi connectivity index (χ1n) is 7.18. The van der Waals surface area contributed by atoms with Crippen LogP contribution in [0.3, 0.4) is 0 Å². The summed E-state index contributed by atoms with van der Waals surface area (Å²) >= 11 is 0. The van der Waals surface area contributed by atoms with Gasteiger partial charge in [0.15, 0.2) is 0 Å². The van der Waals surface area contributed by atoms with Crippen LogP contribution in [0, 0.1) is 5.92 Å². The lowest BCUT2D eigenvalue weighted by atomic mass is 10.0. The molecule has 0 aliphatic carbocycles. The van der Waals surface area contributed by atoms with Crippen molar-refractivity contribution in [3.8, 4) is 0 Å². The molecule has 19 heavy (non-hydrogen) atoms. The molecule has 0 bridgehead atoms. The Bertz CT molecular complexity index is 365. The topological polar surface area (TPSA) is 75.9 Å². The second-order valence-electron chi connectivity index (χ2n) is 5.27. The summed E-state index contributed by atoms with van der Waals surface area (Å²) in [6.07, 6.45) is 6.41. The Morgan fingerprint density at radius 3 is 2.47 bits per heavy atom. The molecule has 0 radical (unpaired) electrons. The largest absolute Gasteiger partial charge is 0.373 e. The number of rotatable bonds is 9. The molecule has 0 aliphatic heterocycles. The van der Waals surface area contributed by atoms with Crippen LogP contribution in [0.4, 0.5) is 17.6 Å². The molecule has 0 aliphatic rings. The molecular formula is C14H27N5. The Labute approximate surface area is 116 Å². The van der Waals surface area contributed by atoms with E-state index in [0.717, 1.165) is 30.5 Å². The van der Waals surface area contributed by atoms with Gasteiger partial charge in [-0.1, -0.05) is 39.5 Å². The van der Waals surface area contributed by atoms with Crippen LogP contribution >= 0.6 is 0 Å². The first-order chi connectivity index (χ1) is 9.11. The van der Waals surface area contributed by atoms with Gasteiger partial charge in [-0.15, -0.1) is 0 Å². The van der Waals surface area contributed by atoms with Crippen LogP contribution in [-0.4, -0.2) is 23.6 Å². The summed E-state index contributed by atoms with van der Waals surface area (Å²) in [4.78, 5) is 8.21. The van der Waals surface area contributed by atoms with Gasteiger partial charge in [0.1, 0.15) is 11.6 Å². The highest BCUT2D eigenvalue weighted by atomic mass is 15.1. The van der Waals surface area contributed by atoms with Crippen LogP contribution in [0.5, 0.6) is 0 Å². The standard InChI is InChI=1S/C14H27N5/c1-11(2)8-6-4-5-7-9-17-13-10-12(16-3)18-14(15)19-13/h10-11H,4-9H2,1-3H3,(H4,15,16,17,18,19). The molecule has 0 amide bonds. The van der Waals surface area contributed by atoms with Gasteiger partial charge in [0.25, 0.3) is 0 Å². The summed E-state index contributed by atoms with van der Waals surface area (Å²) in [6.45, 7) is 5.49. The number of aromatic nitrogens is 2. The Hall–Kier alpha value is -1.52. The van der Waals surface area contributed by atoms with E-state index < -0.39 is 0 Å². The SMILES string of the molecule is CNc1cc(NCCCCCCC(C)C)nc(N)n1. The number of anilines is 3. The predicted molar refractivity (Wildman–Crippen MR) is 82.4 cm³/mol. The zero-order valence-corrected chi connectivity index (χ0v) is 12.4. The van der Waals surface area contributed by atoms with Crippen LogP contribution in [0.1, 0.15) is 46.0 Å². The molecule has 1 rings (SSSR count). The summed E-state index contributed by atoms with van der Waals surface area (Å²) < 4.78 is 0. The highest BCUT2D eigenvalue weighted by molar-refractivity contribution is 5.50. The summed E-state index contributed by atoms with van der Waals surface area (Å²) in [6, 6.07) is 1.87. The molecule has 0 saturated heterocycles. The monoisotopic (exact) mass is 265 g/mol. The first-order valence-corrected chi connectivity index (χ1v) is 7.18. The molecular weight excluding hydrogens is 238 g/mol. The molecule has 0 fully saturated rings. The molecule has 5 heteroatoms. The second kappa shape index (κ2) is 8.56. The first kappa shape index (κ1) is 15.5. The van der Waals surface area contributed by atoms with Gasteiger partial charge in [-0.2, -0.15) is 9.97 Å². The van der Waals surface area contributed by atoms with Gasteiger partial charge < -0.3 is 16.4 Å². The number of nitrogens with one attached hydrogen (secondary N) is 2. The van der Waals surface area contributed by atoms with E-state index in [1.165, 1.54) is 25.7 Å². The van der Waals surface area contributed by atoms with Crippen LogP contribution < -0.4 is 16.4 Å². The van der Waals surface area contributed by atoms with Crippen molar-refractivity contribution in [2.24, 2.45) is 5.92 Å². The van der Waals surface area contributed by atoms with Crippen LogP contribution in [0.15, 0.2) is 6.07 Å². The highest BCUT2D eigenvalue weighted by Gasteiger charge is 2.00. The van der Waals surface area contributed by atoms with E-state index in [-0.39, 0.29) is 0 Å². The summed E-state index contributed by atoms with van der Waals surface area (Å²) in [5.41, 5.74) is 5.63. The lowest BCUT2D eigenvalue weighted by Gasteiger charge is -2.08. The van der Waals surface area contributed by atoms with E-state index in [9.17, 15) is 0 Å². The molecule has 1 aromatic rings. The van der Waals surface area contributed by atoms with Crippen LogP contribution in [-0.2, 0) is 0 Å². The van der Waals surface area contributed by atoms with E-state index >= 15 is 0 Å². The van der Waals surface area contributed by atoms with Gasteiger partial charge >= 0.3 is 0 Å². The Morgan fingerprint density at radius 2 is 1.79 bits per heavy atom. The molecule has 0 aromatic carbocycles. The number of nitrogens with zero attached hydrogens (tertiary/aromatic N) is 2. The Balaban J connectivity index is 2.17. The van der Waals surface area contributed by atoms with E-state index in [1.54, 1.807) is 0 Å². The van der Waals surface area contributed by atoms with E-state index in [0.29, 0.717) is 5.95 Å². The predicted octanol–water partition coefficient (Wildman–Crippen LogP) is 3.12. The van der Waals surface area contributed by atoms with Crippen molar-refractivity contribution in [3.63, 3.8) is 0 Å². The van der Waals surface area contributed by atoms with Crippen LogP contribution in [0.2, 0.25) is 0 Å². The number of nitrogens with two attached hydrogens (primary N) is 1. The minimum atomic E-state index is 0.297. The van der Waals surface area contributed by atoms with E-state index in [1.807, 2.05) is 13.1 Å². The molecule has 1 heterocycles. The molecule has 0 atom stereocenters. The van der Waals surface area contributed by atoms with E-state index in [2.05, 4.69) is 34.4 Å². The number of nitrogen functional groups attached to an aromatic ring is 1. The van der Waals surface area contributed by atoms with E-state index in [4.69, 9.17) is 5.73 Å². The molecule has 0 unspecified atom stereocenters. The zero-order valence-electron chi connectivity index (χ0n) is 12.4. The normalized spacial score (nSPS) is 10.7. The number of hydrogen-bond acceptors (Lipinski definition) is 5. The molecule has 1 aromatic heterocycles. The fourth-order valence-electron chi connectivity index (χ4n) is 1.93. The van der Waals surface area contributed by atoms with Crippen molar-refractivity contribution in [2.75, 3.05) is 30.0 Å². The maximum absolute atomic E-state index is 5.63. The fraction of sp³-hybridized carbons (Fsp3) is 0.714. The molecule has 108 valence electrons. The van der Waals surface area contributed by atoms with Gasteiger partial charge in [-0.05, 0) is 12.3 Å². The zero-order chi connectivity index (χ0) is 14.1. The smallest absolute Gasteiger partial charge is 0.223 e. The Morgan fingerprint density at radius 1 is 1.11 bits per heavy atom. The quantitative estimate of drug-likeness (QED) is 0.598. The van der Waals surface area contributed by atoms with Gasteiger partial charge in [0, 0.05) is 19.7 Å². The van der Waals surface area contributed by atoms with Crippen molar-refractivity contribution >= 4 is 17.6 Å². The van der Waals surface area contributed by atoms with Crippen molar-refractivity contribution in [3.05, 3.63) is 6.07 Å². The second-order valence-corrected chi connectivity index (χ2v) is 5.27. The number of unbranched alkanes of at least 4 members (excludes halogenated alkanes) is 3. The fourth-order valence-corrected chi connectivity index (χ4v) is 1.93. The van der Waals surface area contributed by atoms with Crippen molar-refractivity contribution in [1.82, 2.24) is 9.97 Å². The lowest BCUT2D eigenvalue weighted by molar-refractivity contribution is 0.523. The maximum atomic E-state index is 5.63. The lowest BCUT2D eigenvalue weighted by Crippen LogP contribution is -2.07. The average molecular weight is 265 g/mol. The minimum Gasteiger partial charge on any atom is -0.373 e. The molecule has 0 spiro atoms. The van der Waals surface area contributed by atoms with Crippen molar-refractivity contribution in [2.45, 2.75) is 46.0 Å². The van der Waals surface area contributed by atoms with Crippen LogP contribution in [0.25, 0.3) is 0 Å². The highest BCUT2D eigenvalue weighted by Crippen LogP contribution is 2.13. The van der Waals surface area contributed by atoms with Gasteiger partial charge in [-0.25, -0.2) is 0 Å². The third-order valence-electron chi connectivity index (χ3n) is 3.01. The maximum Gasteiger partial charge on any atom is 0.223 e. The number of hydrogen-bond donors (Lipinski definition) is 3. The molecule has 5 nitrogen and oxygen atoms in total. The summed E-state index contributed by atoms with van der Waals surface area (Å²) in [7, 11) is 1.82. The average Bonchev–Trinajstić information content (AvgIpc) is 2.36. The van der Waals surface area contributed by atoms with Gasteiger partial charge in [0.2, 0.25) is 5.95 Å².